The highest BCUT2D eigenvalue weighted by atomic mass is 31.2. The molecule has 10 N–H and O–H groups in total. The third-order valence-corrected chi connectivity index (χ3v) is 7.85. The summed E-state index contributed by atoms with van der Waals surface area (Å²) in [6.07, 6.45) is -9.70. The van der Waals surface area contributed by atoms with Gasteiger partial charge >= 0.3 is 0 Å². The first-order chi connectivity index (χ1) is 20.3. The summed E-state index contributed by atoms with van der Waals surface area (Å²) in [5.41, 5.74) is 9.50. The fourth-order valence-corrected chi connectivity index (χ4v) is 5.55. The largest absolute Gasteiger partial charge is 0.756 e. The van der Waals surface area contributed by atoms with E-state index in [-0.39, 0.29) is 34.2 Å². The van der Waals surface area contributed by atoms with Gasteiger partial charge in [-0.3, -0.25) is 33.3 Å². The van der Waals surface area contributed by atoms with Crippen LogP contribution in [0.25, 0.3) is 22.3 Å². The molecule has 23 heteroatoms. The number of aromatic nitrogens is 8. The predicted octanol–water partition coefficient (Wildman–Crippen LogP) is -4.84. The zero-order chi connectivity index (χ0) is 30.8. The van der Waals surface area contributed by atoms with Crippen molar-refractivity contribution in [1.82, 2.24) is 39.0 Å². The predicted molar refractivity (Wildman–Crippen MR) is 136 cm³/mol. The highest BCUT2D eigenvalue weighted by Gasteiger charge is 2.46. The number of aliphatic hydroxyl groups excluding tert-OH is 4. The van der Waals surface area contributed by atoms with Gasteiger partial charge in [0, 0.05) is 0 Å². The van der Waals surface area contributed by atoms with E-state index in [1.165, 1.54) is 0 Å². The maximum Gasteiger partial charge on any atom is 0.280 e. The molecule has 6 heterocycles. The van der Waals surface area contributed by atoms with Crippen molar-refractivity contribution in [3.8, 4) is 0 Å². The molecule has 0 saturated carbocycles. The van der Waals surface area contributed by atoms with Gasteiger partial charge in [-0.15, -0.1) is 0 Å². The number of anilines is 2. The maximum absolute atomic E-state index is 12.5. The van der Waals surface area contributed by atoms with E-state index in [4.69, 9.17) is 30.0 Å². The first kappa shape index (κ1) is 29.3. The van der Waals surface area contributed by atoms with E-state index in [9.17, 15) is 39.5 Å². The van der Waals surface area contributed by atoms with E-state index >= 15 is 0 Å². The van der Waals surface area contributed by atoms with Gasteiger partial charge < -0.3 is 55.3 Å². The van der Waals surface area contributed by atoms with Crippen molar-refractivity contribution >= 4 is 42.0 Å². The molecule has 0 radical (unpaired) electrons. The van der Waals surface area contributed by atoms with Crippen LogP contribution in [0.4, 0.5) is 11.9 Å². The lowest BCUT2D eigenvalue weighted by Crippen LogP contribution is -2.35. The Hall–Kier alpha value is -3.83. The van der Waals surface area contributed by atoms with Gasteiger partial charge in [-0.2, -0.15) is 9.97 Å². The van der Waals surface area contributed by atoms with Gasteiger partial charge in [0.25, 0.3) is 18.9 Å². The van der Waals surface area contributed by atoms with Crippen LogP contribution in [0.3, 0.4) is 0 Å². The number of aliphatic hydroxyl groups is 4. The molecular formula is C20H24N10O12P-. The van der Waals surface area contributed by atoms with Crippen LogP contribution in [-0.4, -0.2) is 109 Å². The number of fused-ring (bicyclic) bond motifs is 2. The second kappa shape index (κ2) is 10.7. The van der Waals surface area contributed by atoms with Crippen molar-refractivity contribution in [1.29, 1.82) is 0 Å². The average Bonchev–Trinajstić information content (AvgIpc) is 3.69. The summed E-state index contributed by atoms with van der Waals surface area (Å²) in [6.45, 7) is -1.61. The van der Waals surface area contributed by atoms with Crippen molar-refractivity contribution < 1.29 is 48.4 Å². The van der Waals surface area contributed by atoms with Crippen LogP contribution in [0.1, 0.15) is 12.5 Å². The molecule has 0 amide bonds. The number of phosphoric acid groups is 1. The molecule has 2 saturated heterocycles. The lowest BCUT2D eigenvalue weighted by Gasteiger charge is -2.26. The van der Waals surface area contributed by atoms with Crippen LogP contribution in [0.2, 0.25) is 0 Å². The molecule has 22 nitrogen and oxygen atoms in total. The van der Waals surface area contributed by atoms with Crippen LogP contribution >= 0.6 is 7.82 Å². The number of nitrogens with two attached hydrogens (primary N) is 2. The smallest absolute Gasteiger partial charge is 0.280 e. The van der Waals surface area contributed by atoms with E-state index in [1.54, 1.807) is 0 Å². The summed E-state index contributed by atoms with van der Waals surface area (Å²) >= 11 is 0. The normalized spacial score (nSPS) is 30.8. The minimum absolute atomic E-state index is 0.0535. The zero-order valence-corrected chi connectivity index (χ0v) is 22.4. The van der Waals surface area contributed by atoms with Gasteiger partial charge in [0.15, 0.2) is 34.8 Å². The highest BCUT2D eigenvalue weighted by molar-refractivity contribution is 7.45. The van der Waals surface area contributed by atoms with Crippen molar-refractivity contribution in [2.75, 3.05) is 24.7 Å². The number of nitrogens with one attached hydrogen (secondary N) is 2. The maximum atomic E-state index is 12.5. The molecule has 8 atom stereocenters. The van der Waals surface area contributed by atoms with Crippen LogP contribution in [0, 0.1) is 0 Å². The molecule has 43 heavy (non-hydrogen) atoms. The minimum atomic E-state index is -5.14. The summed E-state index contributed by atoms with van der Waals surface area (Å²) in [5.74, 6) is -0.469. The lowest BCUT2D eigenvalue weighted by molar-refractivity contribution is -0.231. The van der Waals surface area contributed by atoms with Crippen molar-refractivity contribution in [2.45, 2.75) is 49.1 Å². The number of hydrogen-bond donors (Lipinski definition) is 8. The second-order valence-electron chi connectivity index (χ2n) is 9.68. The molecule has 0 bridgehead atoms. The molecule has 232 valence electrons. The standard InChI is InChI=1S/C20H25N10O12P/c21-19-25-13-7(15(35)27-19)23-3-29(13)17-11(33)9(31)5(41-17)1-39-43(37,38)40-2-6-10(32)12(34)18(42-6)30-4-24-8-14(30)26-20(22)28-16(8)36/h3-6,9-12,17-18,31-34H,1-2H2,(H,37,38)(H3,21,25,27,35)(H3,22,26,28,36)/p-1/t5-,6-,9-,10-,11-,12-,17-,18-/m1/s1. The lowest BCUT2D eigenvalue weighted by atomic mass is 10.1. The van der Waals surface area contributed by atoms with Crippen LogP contribution in [-0.2, 0) is 23.1 Å². The molecule has 2 aliphatic rings. The molecule has 0 aliphatic carbocycles. The van der Waals surface area contributed by atoms with Crippen molar-refractivity contribution in [2.24, 2.45) is 0 Å². The number of H-pyrrole nitrogens is 2. The number of phosphoric ester groups is 1. The van der Waals surface area contributed by atoms with Gasteiger partial charge in [0.05, 0.1) is 25.9 Å². The van der Waals surface area contributed by atoms with Crippen molar-refractivity contribution in [3.05, 3.63) is 33.4 Å². The number of ether oxygens (including phenoxy) is 2. The number of hydrogen-bond acceptors (Lipinski definition) is 18. The van der Waals surface area contributed by atoms with Gasteiger partial charge in [-0.25, -0.2) is 9.97 Å². The Balaban J connectivity index is 1.09. The highest BCUT2D eigenvalue weighted by Crippen LogP contribution is 2.42. The molecular weight excluding hydrogens is 603 g/mol. The van der Waals surface area contributed by atoms with Crippen LogP contribution < -0.4 is 27.5 Å². The van der Waals surface area contributed by atoms with Crippen molar-refractivity contribution in [3.63, 3.8) is 0 Å². The first-order valence-corrected chi connectivity index (χ1v) is 13.9. The zero-order valence-electron chi connectivity index (χ0n) is 21.5. The molecule has 0 spiro atoms. The summed E-state index contributed by atoms with van der Waals surface area (Å²) in [5, 5.41) is 41.9. The third kappa shape index (κ3) is 5.18. The van der Waals surface area contributed by atoms with E-state index in [2.05, 4.69) is 29.9 Å². The molecule has 0 unspecified atom stereocenters. The average molecular weight is 627 g/mol. The molecule has 4 aromatic rings. The summed E-state index contributed by atoms with van der Waals surface area (Å²) in [6, 6.07) is 0. The summed E-state index contributed by atoms with van der Waals surface area (Å²) in [7, 11) is -5.14. The fourth-order valence-electron chi connectivity index (χ4n) is 4.82. The van der Waals surface area contributed by atoms with E-state index in [0.717, 1.165) is 21.8 Å². The fraction of sp³-hybridized carbons (Fsp3) is 0.500. The molecule has 2 aliphatic heterocycles. The second-order valence-corrected chi connectivity index (χ2v) is 11.1. The summed E-state index contributed by atoms with van der Waals surface area (Å²) in [4.78, 5) is 56.8. The Bertz CT molecular complexity index is 1710. The van der Waals surface area contributed by atoms with E-state index in [0.29, 0.717) is 0 Å². The van der Waals surface area contributed by atoms with Gasteiger partial charge in [-0.1, -0.05) is 0 Å². The first-order valence-electron chi connectivity index (χ1n) is 12.4. The Labute approximate surface area is 237 Å². The van der Waals surface area contributed by atoms with E-state index < -0.39 is 81.2 Å². The molecule has 0 aromatic carbocycles. The van der Waals surface area contributed by atoms with Gasteiger partial charge in [0.2, 0.25) is 11.9 Å². The Kier molecular flexibility index (Phi) is 7.29. The SMILES string of the molecule is Nc1nc2c(ncn2[C@@H]2O[C@H](COP(=O)([O-])OC[C@H]3O[C@@H](n4cnc5c(=O)[nH]c(N)nc54)[C@H](O)[C@@H]3O)[C@@H](O)[C@H]2O)c(=O)[nH]1. The summed E-state index contributed by atoms with van der Waals surface area (Å²) < 4.78 is 35.5. The number of imidazole rings is 2. The Morgan fingerprint density at radius 1 is 0.814 bits per heavy atom. The van der Waals surface area contributed by atoms with Crippen LogP contribution in [0.15, 0.2) is 22.2 Å². The Morgan fingerprint density at radius 3 is 1.60 bits per heavy atom. The number of nitrogens with zero attached hydrogens (tertiary/aromatic N) is 6. The Morgan fingerprint density at radius 2 is 1.21 bits per heavy atom. The number of rotatable bonds is 8. The van der Waals surface area contributed by atoms with Gasteiger partial charge in [0.1, 0.15) is 36.6 Å². The monoisotopic (exact) mass is 627 g/mol. The molecule has 2 fully saturated rings. The number of aromatic amines is 2. The quantitative estimate of drug-likeness (QED) is 0.0849. The van der Waals surface area contributed by atoms with Crippen LogP contribution in [0.5, 0.6) is 0 Å². The number of nitrogen functional groups attached to an aromatic ring is 2. The minimum Gasteiger partial charge on any atom is -0.756 e. The molecule has 6 rings (SSSR count). The topological polar surface area (TPSA) is 337 Å². The third-order valence-electron chi connectivity index (χ3n) is 6.92. The van der Waals surface area contributed by atoms with E-state index in [1.807, 2.05) is 0 Å². The molecule has 4 aromatic heterocycles. The van der Waals surface area contributed by atoms with Gasteiger partial charge in [-0.05, 0) is 0 Å².